The quantitative estimate of drug-likeness (QED) is 0.459. The number of nitrogens with zero attached hydrogens (tertiary/aromatic N) is 1. The van der Waals surface area contributed by atoms with Crippen LogP contribution >= 0.6 is 15.9 Å². The van der Waals surface area contributed by atoms with Crippen LogP contribution in [0.2, 0.25) is 0 Å². The highest BCUT2D eigenvalue weighted by atomic mass is 79.9. The Balaban J connectivity index is 1.45. The third-order valence-corrected chi connectivity index (χ3v) is 5.25. The van der Waals surface area contributed by atoms with Gasteiger partial charge in [0.25, 0.3) is 11.8 Å². The number of fused-ring (bicyclic) bond motifs is 1. The van der Waals surface area contributed by atoms with Gasteiger partial charge >= 0.3 is 6.09 Å². The van der Waals surface area contributed by atoms with Crippen molar-refractivity contribution in [2.75, 3.05) is 18.4 Å². The smallest absolute Gasteiger partial charge is 0.408 e. The van der Waals surface area contributed by atoms with E-state index in [0.29, 0.717) is 10.2 Å². The molecule has 184 valence electrons. The molecule has 35 heavy (non-hydrogen) atoms. The monoisotopic (exact) mass is 544 g/mol. The van der Waals surface area contributed by atoms with Gasteiger partial charge in [0.1, 0.15) is 18.7 Å². The zero-order valence-corrected chi connectivity index (χ0v) is 21.0. The van der Waals surface area contributed by atoms with Crippen LogP contribution in [0.5, 0.6) is 0 Å². The van der Waals surface area contributed by atoms with Crippen LogP contribution < -0.4 is 16.0 Å². The highest BCUT2D eigenvalue weighted by Gasteiger charge is 2.36. The number of rotatable bonds is 7. The number of anilines is 1. The summed E-state index contributed by atoms with van der Waals surface area (Å²) in [6.07, 6.45) is -0.679. The molecule has 11 heteroatoms. The Bertz CT molecular complexity index is 1170. The topological polar surface area (TPSA) is 134 Å². The second kappa shape index (κ2) is 10.7. The summed E-state index contributed by atoms with van der Waals surface area (Å²) in [7, 11) is 0. The molecule has 3 rings (SSSR count). The average Bonchev–Trinajstić information content (AvgIpc) is 3.00. The van der Waals surface area contributed by atoms with Crippen LogP contribution in [0.1, 0.15) is 47.1 Å². The second-order valence-corrected chi connectivity index (χ2v) is 9.68. The normalized spacial score (nSPS) is 12.7. The van der Waals surface area contributed by atoms with Crippen LogP contribution in [0, 0.1) is 0 Å². The molecule has 10 nitrogen and oxygen atoms in total. The van der Waals surface area contributed by atoms with Crippen molar-refractivity contribution in [2.24, 2.45) is 0 Å². The maximum Gasteiger partial charge on any atom is 0.408 e. The van der Waals surface area contributed by atoms with Crippen LogP contribution in [0.25, 0.3) is 0 Å². The van der Waals surface area contributed by atoms with Crippen LogP contribution in [-0.4, -0.2) is 53.3 Å². The van der Waals surface area contributed by atoms with Gasteiger partial charge in [0.15, 0.2) is 0 Å². The lowest BCUT2D eigenvalue weighted by Crippen LogP contribution is -2.39. The Hall–Kier alpha value is -3.73. The fourth-order valence-electron chi connectivity index (χ4n) is 3.19. The molecule has 0 spiro atoms. The van der Waals surface area contributed by atoms with Crippen LogP contribution in [0.15, 0.2) is 46.9 Å². The van der Waals surface area contributed by atoms with E-state index < -0.39 is 36.0 Å². The fraction of sp³-hybridized carbons (Fsp3) is 0.292. The van der Waals surface area contributed by atoms with E-state index >= 15 is 0 Å². The first-order valence-corrected chi connectivity index (χ1v) is 11.5. The highest BCUT2D eigenvalue weighted by Crippen LogP contribution is 2.26. The number of carbonyl (C=O) groups excluding carboxylic acids is 5. The van der Waals surface area contributed by atoms with Gasteiger partial charge in [-0.15, -0.1) is 0 Å². The van der Waals surface area contributed by atoms with Gasteiger partial charge in [0, 0.05) is 16.7 Å². The molecule has 0 unspecified atom stereocenters. The molecule has 0 aromatic heterocycles. The summed E-state index contributed by atoms with van der Waals surface area (Å²) in [6, 6.07) is 11.4. The molecule has 1 aliphatic heterocycles. The van der Waals surface area contributed by atoms with Crippen molar-refractivity contribution in [1.29, 1.82) is 0 Å². The predicted molar refractivity (Wildman–Crippen MR) is 131 cm³/mol. The summed E-state index contributed by atoms with van der Waals surface area (Å²) in [5, 5.41) is 7.69. The molecular formula is C24H25BrN4O6. The molecule has 2 aromatic carbocycles. The van der Waals surface area contributed by atoms with E-state index in [2.05, 4.69) is 31.9 Å². The lowest BCUT2D eigenvalue weighted by atomic mass is 10.1. The molecule has 0 atom stereocenters. The Kier molecular flexibility index (Phi) is 7.90. The van der Waals surface area contributed by atoms with Gasteiger partial charge in [-0.05, 0) is 56.7 Å². The van der Waals surface area contributed by atoms with Crippen molar-refractivity contribution in [1.82, 2.24) is 15.5 Å². The van der Waals surface area contributed by atoms with Crippen LogP contribution in [-0.2, 0) is 20.9 Å². The van der Waals surface area contributed by atoms with Gasteiger partial charge < -0.3 is 20.7 Å². The van der Waals surface area contributed by atoms with Gasteiger partial charge in [-0.2, -0.15) is 0 Å². The van der Waals surface area contributed by atoms with E-state index in [1.165, 1.54) is 0 Å². The Morgan fingerprint density at radius 3 is 2.23 bits per heavy atom. The van der Waals surface area contributed by atoms with Crippen molar-refractivity contribution in [2.45, 2.75) is 32.9 Å². The zero-order valence-electron chi connectivity index (χ0n) is 19.4. The lowest BCUT2D eigenvalue weighted by molar-refractivity contribution is -0.120. The number of benzene rings is 2. The average molecular weight is 545 g/mol. The molecule has 0 aliphatic carbocycles. The van der Waals surface area contributed by atoms with Crippen LogP contribution in [0.4, 0.5) is 10.5 Å². The zero-order chi connectivity index (χ0) is 25.8. The number of hydrogen-bond donors (Lipinski definition) is 3. The third kappa shape index (κ3) is 7.12. The van der Waals surface area contributed by atoms with E-state index in [0.717, 1.165) is 10.5 Å². The van der Waals surface area contributed by atoms with Gasteiger partial charge in [0.2, 0.25) is 11.8 Å². The van der Waals surface area contributed by atoms with E-state index in [9.17, 15) is 24.0 Å². The Morgan fingerprint density at radius 2 is 1.57 bits per heavy atom. The van der Waals surface area contributed by atoms with Crippen molar-refractivity contribution < 1.29 is 28.7 Å². The maximum absolute atomic E-state index is 12.5. The molecular weight excluding hydrogens is 520 g/mol. The van der Waals surface area contributed by atoms with E-state index in [-0.39, 0.29) is 30.1 Å². The van der Waals surface area contributed by atoms with Gasteiger partial charge in [0.05, 0.1) is 11.1 Å². The minimum absolute atomic E-state index is 0.216. The van der Waals surface area contributed by atoms with E-state index in [1.807, 2.05) is 0 Å². The summed E-state index contributed by atoms with van der Waals surface area (Å²) in [4.78, 5) is 61.8. The molecule has 0 bridgehead atoms. The molecule has 0 radical (unpaired) electrons. The summed E-state index contributed by atoms with van der Waals surface area (Å²) >= 11 is 3.27. The molecule has 1 heterocycles. The fourth-order valence-corrected chi connectivity index (χ4v) is 3.55. The Labute approximate surface area is 210 Å². The molecule has 2 aromatic rings. The number of hydrogen-bond acceptors (Lipinski definition) is 6. The van der Waals surface area contributed by atoms with Crippen molar-refractivity contribution in [3.63, 3.8) is 0 Å². The van der Waals surface area contributed by atoms with Gasteiger partial charge in [-0.25, -0.2) is 4.79 Å². The Morgan fingerprint density at radius 1 is 0.914 bits per heavy atom. The van der Waals surface area contributed by atoms with E-state index in [1.54, 1.807) is 63.2 Å². The number of halogens is 1. The summed E-state index contributed by atoms with van der Waals surface area (Å²) in [5.41, 5.74) is 1.10. The third-order valence-electron chi connectivity index (χ3n) is 4.75. The summed E-state index contributed by atoms with van der Waals surface area (Å²) in [5.74, 6) is -1.94. The van der Waals surface area contributed by atoms with E-state index in [4.69, 9.17) is 4.74 Å². The standard InChI is InChI=1S/C24H25BrN4O6/c1-24(2,3)35-23(34)27-12-19(30)26-11-14-4-7-16(8-5-14)28-20(31)13-29-21(32)17-9-6-15(25)10-18(17)22(29)33/h4-10H,11-13H2,1-3H3,(H,26,30)(H,27,34)(H,28,31). The first kappa shape index (κ1) is 25.9. The molecule has 0 saturated carbocycles. The number of alkyl carbamates (subject to hydrolysis) is 1. The maximum atomic E-state index is 12.5. The lowest BCUT2D eigenvalue weighted by Gasteiger charge is -2.19. The second-order valence-electron chi connectivity index (χ2n) is 8.76. The van der Waals surface area contributed by atoms with Crippen LogP contribution in [0.3, 0.4) is 0 Å². The number of amides is 5. The highest BCUT2D eigenvalue weighted by molar-refractivity contribution is 9.10. The number of ether oxygens (including phenoxy) is 1. The number of imide groups is 1. The van der Waals surface area contributed by atoms with Crippen molar-refractivity contribution >= 4 is 51.3 Å². The molecule has 1 aliphatic rings. The molecule has 3 N–H and O–H groups in total. The minimum atomic E-state index is -0.679. The van der Waals surface area contributed by atoms with Crippen molar-refractivity contribution in [3.8, 4) is 0 Å². The first-order valence-electron chi connectivity index (χ1n) is 10.7. The van der Waals surface area contributed by atoms with Gasteiger partial charge in [-0.3, -0.25) is 24.1 Å². The van der Waals surface area contributed by atoms with Crippen molar-refractivity contribution in [3.05, 3.63) is 63.6 Å². The van der Waals surface area contributed by atoms with Gasteiger partial charge in [-0.1, -0.05) is 28.1 Å². The predicted octanol–water partition coefficient (Wildman–Crippen LogP) is 2.82. The molecule has 0 fully saturated rings. The summed E-state index contributed by atoms with van der Waals surface area (Å²) in [6.45, 7) is 4.76. The number of carbonyl (C=O) groups is 5. The first-order chi connectivity index (χ1) is 16.4. The number of nitrogens with one attached hydrogen (secondary N) is 3. The largest absolute Gasteiger partial charge is 0.444 e. The molecule has 5 amide bonds. The summed E-state index contributed by atoms with van der Waals surface area (Å²) < 4.78 is 5.73. The molecule has 0 saturated heterocycles. The minimum Gasteiger partial charge on any atom is -0.444 e. The SMILES string of the molecule is CC(C)(C)OC(=O)NCC(=O)NCc1ccc(NC(=O)CN2C(=O)c3ccc(Br)cc3C2=O)cc1.